The molecule has 0 aliphatic carbocycles. The quantitative estimate of drug-likeness (QED) is 0.833. The van der Waals surface area contributed by atoms with Gasteiger partial charge in [0.05, 0.1) is 12.1 Å². The molecule has 1 aliphatic rings. The van der Waals surface area contributed by atoms with Crippen LogP contribution in [0, 0.1) is 0 Å². The highest BCUT2D eigenvalue weighted by atomic mass is 19.4. The average Bonchev–Trinajstić information content (AvgIpc) is 2.81. The lowest BCUT2D eigenvalue weighted by atomic mass is 9.87. The number of aromatic nitrogens is 1. The van der Waals surface area contributed by atoms with Crippen molar-refractivity contribution in [3.8, 4) is 0 Å². The third-order valence-electron chi connectivity index (χ3n) is 4.56. The summed E-state index contributed by atoms with van der Waals surface area (Å²) in [6, 6.07) is 6.63. The van der Waals surface area contributed by atoms with Crippen LogP contribution in [0.2, 0.25) is 0 Å². The molecule has 1 aromatic carbocycles. The number of aryl methyl sites for hydroxylation is 1. The van der Waals surface area contributed by atoms with Crippen LogP contribution in [-0.2, 0) is 30.1 Å². The van der Waals surface area contributed by atoms with E-state index in [-0.39, 0.29) is 17.7 Å². The summed E-state index contributed by atoms with van der Waals surface area (Å²) in [7, 11) is 1.55. The number of nitrogens with zero attached hydrogens (tertiary/aromatic N) is 2. The van der Waals surface area contributed by atoms with Gasteiger partial charge in [-0.15, -0.1) is 0 Å². The normalized spacial score (nSPS) is 20.1. The largest absolute Gasteiger partial charge is 0.416 e. The molecule has 0 unspecified atom stereocenters. The van der Waals surface area contributed by atoms with Gasteiger partial charge in [-0.3, -0.25) is 14.5 Å². The molecule has 3 amide bonds. The minimum atomic E-state index is -4.68. The first-order valence-electron chi connectivity index (χ1n) is 8.00. The van der Waals surface area contributed by atoms with Gasteiger partial charge in [-0.1, -0.05) is 18.2 Å². The monoisotopic (exact) mass is 379 g/mol. The Morgan fingerprint density at radius 1 is 1.11 bits per heavy atom. The number of hydrogen-bond donors (Lipinski definition) is 1. The molecule has 1 atom stereocenters. The van der Waals surface area contributed by atoms with Crippen molar-refractivity contribution < 1.29 is 22.8 Å². The molecule has 27 heavy (non-hydrogen) atoms. The summed E-state index contributed by atoms with van der Waals surface area (Å²) >= 11 is 0. The van der Waals surface area contributed by atoms with Crippen LogP contribution in [0.4, 0.5) is 18.0 Å². The van der Waals surface area contributed by atoms with Crippen molar-refractivity contribution in [3.63, 3.8) is 0 Å². The van der Waals surface area contributed by atoms with Crippen LogP contribution in [0.25, 0.3) is 0 Å². The Morgan fingerprint density at radius 3 is 2.41 bits per heavy atom. The molecule has 0 saturated carbocycles. The number of halogens is 3. The first-order valence-corrected chi connectivity index (χ1v) is 8.00. The smallest absolute Gasteiger partial charge is 0.319 e. The lowest BCUT2D eigenvalue weighted by Gasteiger charge is -2.25. The van der Waals surface area contributed by atoms with Gasteiger partial charge < -0.3 is 9.88 Å². The van der Waals surface area contributed by atoms with Crippen LogP contribution in [0.5, 0.6) is 0 Å². The van der Waals surface area contributed by atoms with E-state index < -0.39 is 29.2 Å². The lowest BCUT2D eigenvalue weighted by molar-refractivity contribution is -0.140. The predicted octanol–water partition coefficient (Wildman–Crippen LogP) is 2.37. The number of rotatable bonds is 3. The van der Waals surface area contributed by atoms with Crippen molar-refractivity contribution in [3.05, 3.63) is 69.6 Å². The second-order valence-corrected chi connectivity index (χ2v) is 6.47. The van der Waals surface area contributed by atoms with E-state index >= 15 is 0 Å². The molecular formula is C18H16F3N3O3. The van der Waals surface area contributed by atoms with E-state index in [1.54, 1.807) is 13.1 Å². The fraction of sp³-hybridized carbons (Fsp3) is 0.278. The number of urea groups is 1. The van der Waals surface area contributed by atoms with Crippen LogP contribution in [0.3, 0.4) is 0 Å². The van der Waals surface area contributed by atoms with Gasteiger partial charge in [-0.2, -0.15) is 13.2 Å². The third-order valence-corrected chi connectivity index (χ3v) is 4.56. The fourth-order valence-electron chi connectivity index (χ4n) is 3.06. The maximum absolute atomic E-state index is 13.3. The summed E-state index contributed by atoms with van der Waals surface area (Å²) in [6.45, 7) is 1.02. The number of alkyl halides is 3. The predicted molar refractivity (Wildman–Crippen MR) is 89.6 cm³/mol. The van der Waals surface area contributed by atoms with Gasteiger partial charge in [0.25, 0.3) is 11.5 Å². The Labute approximate surface area is 152 Å². The molecule has 2 heterocycles. The Morgan fingerprint density at radius 2 is 1.78 bits per heavy atom. The van der Waals surface area contributed by atoms with Crippen molar-refractivity contribution in [2.24, 2.45) is 7.05 Å². The topological polar surface area (TPSA) is 71.4 Å². The van der Waals surface area contributed by atoms with Crippen LogP contribution in [0.15, 0.2) is 47.4 Å². The summed E-state index contributed by atoms with van der Waals surface area (Å²) in [5, 5.41) is 2.36. The van der Waals surface area contributed by atoms with Crippen LogP contribution in [0.1, 0.15) is 23.6 Å². The molecule has 1 N–H and O–H groups in total. The molecule has 1 fully saturated rings. The maximum atomic E-state index is 13.3. The first kappa shape index (κ1) is 18.7. The molecule has 1 aromatic heterocycles. The summed E-state index contributed by atoms with van der Waals surface area (Å²) < 4.78 is 41.4. The number of nitrogens with one attached hydrogen (secondary N) is 1. The zero-order valence-corrected chi connectivity index (χ0v) is 14.5. The van der Waals surface area contributed by atoms with Crippen molar-refractivity contribution in [2.75, 3.05) is 0 Å². The molecule has 0 spiro atoms. The van der Waals surface area contributed by atoms with Crippen LogP contribution < -0.4 is 10.9 Å². The average molecular weight is 379 g/mol. The second kappa shape index (κ2) is 6.26. The molecule has 9 heteroatoms. The van der Waals surface area contributed by atoms with Gasteiger partial charge >= 0.3 is 12.2 Å². The summed E-state index contributed by atoms with van der Waals surface area (Å²) in [5.41, 5.74) is -3.11. The molecule has 142 valence electrons. The van der Waals surface area contributed by atoms with Gasteiger partial charge in [0.2, 0.25) is 0 Å². The number of benzene rings is 1. The third kappa shape index (κ3) is 3.20. The van der Waals surface area contributed by atoms with Crippen molar-refractivity contribution in [1.82, 2.24) is 14.8 Å². The number of hydrogen-bond acceptors (Lipinski definition) is 3. The number of carbonyl (C=O) groups is 2. The highest BCUT2D eigenvalue weighted by Crippen LogP contribution is 2.39. The Kier molecular flexibility index (Phi) is 4.33. The molecule has 6 nitrogen and oxygen atoms in total. The van der Waals surface area contributed by atoms with E-state index in [2.05, 4.69) is 5.32 Å². The van der Waals surface area contributed by atoms with Crippen molar-refractivity contribution >= 4 is 11.9 Å². The Balaban J connectivity index is 1.98. The number of carbonyl (C=O) groups excluding carboxylic acids is 2. The van der Waals surface area contributed by atoms with Crippen molar-refractivity contribution in [2.45, 2.75) is 25.2 Å². The lowest BCUT2D eigenvalue weighted by Crippen LogP contribution is -2.42. The van der Waals surface area contributed by atoms with Gasteiger partial charge in [0.15, 0.2) is 0 Å². The van der Waals surface area contributed by atoms with Gasteiger partial charge in [-0.05, 0) is 30.2 Å². The SMILES string of the molecule is Cn1ccc(CN2C(=O)N[C@@](C)(c3ccccc3C(F)(F)F)C2=O)cc1=O. The zero-order valence-electron chi connectivity index (χ0n) is 14.5. The molecule has 2 aromatic rings. The molecule has 3 rings (SSSR count). The van der Waals surface area contributed by atoms with E-state index in [0.29, 0.717) is 5.56 Å². The fourth-order valence-corrected chi connectivity index (χ4v) is 3.06. The molecule has 1 saturated heterocycles. The van der Waals surface area contributed by atoms with Crippen LogP contribution >= 0.6 is 0 Å². The van der Waals surface area contributed by atoms with Gasteiger partial charge in [0, 0.05) is 19.3 Å². The van der Waals surface area contributed by atoms with Crippen LogP contribution in [-0.4, -0.2) is 21.4 Å². The maximum Gasteiger partial charge on any atom is 0.416 e. The number of imide groups is 1. The van der Waals surface area contributed by atoms with E-state index in [9.17, 15) is 27.6 Å². The molecule has 0 bridgehead atoms. The number of amides is 3. The minimum absolute atomic E-state index is 0.218. The van der Waals surface area contributed by atoms with E-state index in [1.807, 2.05) is 0 Å². The standard InChI is InChI=1S/C18H16F3N3O3/c1-17(12-5-3-4-6-13(12)18(19,20)21)15(26)24(16(27)22-17)10-11-7-8-23(2)14(25)9-11/h3-9H,10H2,1-2H3,(H,22,27)/t17-/m0/s1. The second-order valence-electron chi connectivity index (χ2n) is 6.47. The highest BCUT2D eigenvalue weighted by Gasteiger charge is 2.52. The molecule has 1 aliphatic heterocycles. The summed E-state index contributed by atoms with van der Waals surface area (Å²) in [6.07, 6.45) is -3.20. The molecular weight excluding hydrogens is 363 g/mol. The van der Waals surface area contributed by atoms with Crippen molar-refractivity contribution in [1.29, 1.82) is 0 Å². The first-order chi connectivity index (χ1) is 12.5. The summed E-state index contributed by atoms with van der Waals surface area (Å²) in [4.78, 5) is 37.7. The molecule has 0 radical (unpaired) electrons. The van der Waals surface area contributed by atoms with Gasteiger partial charge in [0.1, 0.15) is 5.54 Å². The van der Waals surface area contributed by atoms with E-state index in [0.717, 1.165) is 11.0 Å². The minimum Gasteiger partial charge on any atom is -0.319 e. The highest BCUT2D eigenvalue weighted by molar-refractivity contribution is 6.07. The van der Waals surface area contributed by atoms with E-state index in [4.69, 9.17) is 0 Å². The Bertz CT molecular complexity index is 984. The van der Waals surface area contributed by atoms with Gasteiger partial charge in [-0.25, -0.2) is 4.79 Å². The zero-order chi connectivity index (χ0) is 20.0. The van der Waals surface area contributed by atoms with E-state index in [1.165, 1.54) is 42.0 Å². The summed E-state index contributed by atoms with van der Waals surface area (Å²) in [5.74, 6) is -0.815. The number of pyridine rings is 1. The Hall–Kier alpha value is -3.10.